The molecular weight excluding hydrogens is 394 g/mol. The number of hydrogen-bond donors (Lipinski definition) is 2. The van der Waals surface area contributed by atoms with Gasteiger partial charge in [0.1, 0.15) is 12.7 Å². The Morgan fingerprint density at radius 1 is 1.10 bits per heavy atom. The van der Waals surface area contributed by atoms with Crippen molar-refractivity contribution >= 4 is 11.6 Å². The van der Waals surface area contributed by atoms with Crippen LogP contribution < -0.4 is 14.8 Å². The van der Waals surface area contributed by atoms with E-state index >= 15 is 0 Å². The molecular formula is C24H33N3O4. The molecule has 1 atom stereocenters. The molecule has 0 radical (unpaired) electrons. The van der Waals surface area contributed by atoms with Crippen LogP contribution in [0.4, 0.5) is 5.69 Å². The smallest absolute Gasteiger partial charge is 0.238 e. The lowest BCUT2D eigenvalue weighted by atomic mass is 10.1. The van der Waals surface area contributed by atoms with Crippen LogP contribution in [-0.4, -0.2) is 79.8 Å². The number of ether oxygens (including phenoxy) is 2. The Morgan fingerprint density at radius 2 is 1.77 bits per heavy atom. The lowest BCUT2D eigenvalue weighted by Crippen LogP contribution is -2.50. The lowest BCUT2D eigenvalue weighted by Gasteiger charge is -2.35. The molecule has 0 bridgehead atoms. The third kappa shape index (κ3) is 6.69. The molecule has 0 aromatic heterocycles. The molecule has 1 aliphatic heterocycles. The van der Waals surface area contributed by atoms with E-state index in [4.69, 9.17) is 24.6 Å². The molecule has 7 heteroatoms. The maximum Gasteiger partial charge on any atom is 0.238 e. The lowest BCUT2D eigenvalue weighted by molar-refractivity contribution is -0.117. The van der Waals surface area contributed by atoms with Gasteiger partial charge in [-0.15, -0.1) is 0 Å². The van der Waals surface area contributed by atoms with Gasteiger partial charge < -0.3 is 19.9 Å². The topological polar surface area (TPSA) is 74.3 Å². The molecule has 7 nitrogen and oxygen atoms in total. The zero-order chi connectivity index (χ0) is 31.5. The van der Waals surface area contributed by atoms with Crippen LogP contribution in [0.2, 0.25) is 0 Å². The largest absolute Gasteiger partial charge is 0.493 e. The van der Waals surface area contributed by atoms with Gasteiger partial charge in [0.2, 0.25) is 5.91 Å². The molecule has 1 amide bonds. The standard InChI is InChI=1S/C24H33N3O4/c1-18-7-6-8-19(2)24(18)25-23(29)16-27-13-11-26(12-14-27)15-20(28)17-31-22-10-5-4-9-21(22)30-3/h4-10,20,28H,11-17H2,1-3H3,(H,25,29)/i1D3,2D3,3D3,17D2. The number of rotatable bonds is 9. The average Bonchev–Trinajstić information content (AvgIpc) is 2.84. The van der Waals surface area contributed by atoms with Crippen LogP contribution in [0.5, 0.6) is 11.5 Å². The summed E-state index contributed by atoms with van der Waals surface area (Å²) in [7, 11) is -2.78. The minimum atomic E-state index is -2.78. The minimum Gasteiger partial charge on any atom is -0.493 e. The molecule has 1 heterocycles. The van der Waals surface area contributed by atoms with Gasteiger partial charge in [-0.1, -0.05) is 30.3 Å². The third-order valence-electron chi connectivity index (χ3n) is 4.86. The molecule has 2 N–H and O–H groups in total. The van der Waals surface area contributed by atoms with E-state index in [0.717, 1.165) is 0 Å². The quantitative estimate of drug-likeness (QED) is 0.626. The van der Waals surface area contributed by atoms with E-state index in [-0.39, 0.29) is 41.4 Å². The number of aliphatic hydroxyl groups is 1. The highest BCUT2D eigenvalue weighted by atomic mass is 16.5. The summed E-state index contributed by atoms with van der Waals surface area (Å²) in [6, 6.07) is 9.47. The van der Waals surface area contributed by atoms with E-state index in [0.29, 0.717) is 26.2 Å². The first-order chi connectivity index (χ1) is 19.3. The van der Waals surface area contributed by atoms with E-state index in [1.807, 2.05) is 0 Å². The number of benzene rings is 2. The van der Waals surface area contributed by atoms with E-state index in [1.54, 1.807) is 9.80 Å². The highest BCUT2D eigenvalue weighted by Crippen LogP contribution is 2.25. The summed E-state index contributed by atoms with van der Waals surface area (Å²) in [4.78, 5) is 16.4. The van der Waals surface area contributed by atoms with Crippen LogP contribution in [0.3, 0.4) is 0 Å². The molecule has 1 aliphatic rings. The fraction of sp³-hybridized carbons (Fsp3) is 0.458. The van der Waals surface area contributed by atoms with Gasteiger partial charge in [0.05, 0.1) is 20.4 Å². The van der Waals surface area contributed by atoms with Gasteiger partial charge in [0.15, 0.2) is 11.5 Å². The first kappa shape index (κ1) is 12.4. The zero-order valence-electron chi connectivity index (χ0n) is 27.9. The predicted octanol–water partition coefficient (Wildman–Crippen LogP) is 2.31. The second-order valence-electron chi connectivity index (χ2n) is 7.14. The summed E-state index contributed by atoms with van der Waals surface area (Å²) in [5.41, 5.74) is -0.794. The zero-order valence-corrected chi connectivity index (χ0v) is 16.9. The Labute approximate surface area is 200 Å². The van der Waals surface area contributed by atoms with Gasteiger partial charge in [-0.05, 0) is 37.0 Å². The molecule has 168 valence electrons. The summed E-state index contributed by atoms with van der Waals surface area (Å²) >= 11 is 0. The Kier molecular flexibility index (Phi) is 4.47. The summed E-state index contributed by atoms with van der Waals surface area (Å²) in [6.45, 7) is -6.73. The third-order valence-corrected chi connectivity index (χ3v) is 4.86. The van der Waals surface area contributed by atoms with Crippen LogP contribution in [0.25, 0.3) is 0 Å². The minimum absolute atomic E-state index is 0.122. The van der Waals surface area contributed by atoms with E-state index in [9.17, 15) is 9.90 Å². The number of aliphatic hydroxyl groups excluding tert-OH is 1. The van der Waals surface area contributed by atoms with Gasteiger partial charge >= 0.3 is 0 Å². The van der Waals surface area contributed by atoms with Gasteiger partial charge in [-0.2, -0.15) is 0 Å². The van der Waals surface area contributed by atoms with Crippen molar-refractivity contribution in [2.75, 3.05) is 58.2 Å². The number of para-hydroxylation sites is 3. The van der Waals surface area contributed by atoms with Gasteiger partial charge in [0, 0.05) is 46.6 Å². The summed E-state index contributed by atoms with van der Waals surface area (Å²) < 4.78 is 94.8. The number of carbonyl (C=O) groups excluding carboxylic acids is 1. The first-order valence-corrected chi connectivity index (χ1v) is 9.80. The van der Waals surface area contributed by atoms with Gasteiger partial charge in [-0.25, -0.2) is 0 Å². The van der Waals surface area contributed by atoms with Crippen molar-refractivity contribution in [3.63, 3.8) is 0 Å². The number of nitrogens with one attached hydrogen (secondary N) is 1. The molecule has 2 aromatic carbocycles. The normalized spacial score (nSPS) is 22.9. The van der Waals surface area contributed by atoms with Crippen LogP contribution >= 0.6 is 0 Å². The number of amides is 1. The molecule has 0 aliphatic carbocycles. The number of methoxy groups -OCH3 is 1. The number of piperazine rings is 1. The van der Waals surface area contributed by atoms with Crippen molar-refractivity contribution in [1.82, 2.24) is 9.80 Å². The molecule has 0 saturated carbocycles. The molecule has 3 rings (SSSR count). The Bertz CT molecular complexity index is 1200. The highest BCUT2D eigenvalue weighted by Gasteiger charge is 2.21. The van der Waals surface area contributed by atoms with Crippen molar-refractivity contribution in [1.29, 1.82) is 0 Å². The predicted molar refractivity (Wildman–Crippen MR) is 122 cm³/mol. The molecule has 1 fully saturated rings. The molecule has 0 spiro atoms. The second kappa shape index (κ2) is 11.1. The fourth-order valence-electron chi connectivity index (χ4n) is 3.23. The van der Waals surface area contributed by atoms with Gasteiger partial charge in [0.25, 0.3) is 0 Å². The number of carbonyl (C=O) groups is 1. The van der Waals surface area contributed by atoms with Crippen molar-refractivity contribution in [2.24, 2.45) is 0 Å². The maximum absolute atomic E-state index is 12.8. The fourth-order valence-corrected chi connectivity index (χ4v) is 3.23. The highest BCUT2D eigenvalue weighted by molar-refractivity contribution is 5.93. The van der Waals surface area contributed by atoms with Crippen LogP contribution in [-0.2, 0) is 4.79 Å². The van der Waals surface area contributed by atoms with E-state index in [1.165, 1.54) is 42.5 Å². The Balaban J connectivity index is 1.57. The summed E-state index contributed by atoms with van der Waals surface area (Å²) in [6.07, 6.45) is -1.62. The Hall–Kier alpha value is -2.61. The van der Waals surface area contributed by atoms with Crippen LogP contribution in [0, 0.1) is 13.7 Å². The number of anilines is 1. The van der Waals surface area contributed by atoms with Crippen molar-refractivity contribution in [2.45, 2.75) is 19.8 Å². The van der Waals surface area contributed by atoms with Crippen LogP contribution in [0.15, 0.2) is 42.5 Å². The maximum atomic E-state index is 12.8. The summed E-state index contributed by atoms with van der Waals surface area (Å²) in [5.74, 6) is -0.975. The van der Waals surface area contributed by atoms with E-state index < -0.39 is 39.3 Å². The number of aryl methyl sites for hydroxylation is 2. The Morgan fingerprint density at radius 3 is 2.45 bits per heavy atom. The van der Waals surface area contributed by atoms with Crippen molar-refractivity contribution in [3.8, 4) is 11.5 Å². The van der Waals surface area contributed by atoms with Crippen molar-refractivity contribution < 1.29 is 34.5 Å². The number of hydrogen-bond acceptors (Lipinski definition) is 6. The first-order valence-electron chi connectivity index (χ1n) is 15.3. The molecule has 1 saturated heterocycles. The number of nitrogens with zero attached hydrogens (tertiary/aromatic N) is 2. The summed E-state index contributed by atoms with van der Waals surface area (Å²) in [5, 5.41) is 13.1. The van der Waals surface area contributed by atoms with Crippen molar-refractivity contribution in [3.05, 3.63) is 53.6 Å². The number of β-amino-alcohol motifs (C(OH)–C–C–N with tert-alkyl or cyclic N) is 1. The monoisotopic (exact) mass is 438 g/mol. The average molecular weight is 439 g/mol. The van der Waals surface area contributed by atoms with Crippen LogP contribution in [0.1, 0.15) is 26.2 Å². The molecule has 31 heavy (non-hydrogen) atoms. The molecule has 2 aromatic rings. The van der Waals surface area contributed by atoms with E-state index in [2.05, 4.69) is 5.32 Å². The second-order valence-corrected chi connectivity index (χ2v) is 7.14. The molecule has 1 unspecified atom stereocenters. The SMILES string of the molecule is [2H]C([2H])([2H])Oc1ccccc1OC([2H])([2H])C(O)CN1CCN(CC(=O)Nc2c(C([2H])([2H])[2H])cccc2C([2H])([2H])[2H])CC1. The van der Waals surface area contributed by atoms with Gasteiger partial charge in [-0.3, -0.25) is 14.6 Å².